The first-order chi connectivity index (χ1) is 13.7. The van der Waals surface area contributed by atoms with Crippen molar-refractivity contribution in [2.45, 2.75) is 6.42 Å². The summed E-state index contributed by atoms with van der Waals surface area (Å²) in [6, 6.07) is 15.1. The Morgan fingerprint density at radius 3 is 2.75 bits per heavy atom. The Labute approximate surface area is 166 Å². The van der Waals surface area contributed by atoms with Crippen molar-refractivity contribution in [2.24, 2.45) is 0 Å². The lowest BCUT2D eigenvalue weighted by atomic mass is 10.0. The smallest absolute Gasteiger partial charge is 0.170 e. The fourth-order valence-electron chi connectivity index (χ4n) is 3.03. The second-order valence-corrected chi connectivity index (χ2v) is 7.26. The largest absolute Gasteiger partial charge is 0.497 e. The standard InChI is InChI=1S/C22H18N2O3S/c1-26-16-6-7-17(20(12-16)27-2)19(25)11-14-4-3-5-15(10-14)22-24-18-13-23-9-8-21(18)28-22/h3-10,12-13H,11H2,1-2H3. The molecule has 6 heteroatoms. The van der Waals surface area contributed by atoms with Gasteiger partial charge in [0.15, 0.2) is 5.78 Å². The fraction of sp³-hybridized carbons (Fsp3) is 0.136. The molecular formula is C22H18N2O3S. The van der Waals surface area contributed by atoms with Crippen LogP contribution in [0.5, 0.6) is 11.5 Å². The van der Waals surface area contributed by atoms with Gasteiger partial charge in [-0.1, -0.05) is 18.2 Å². The van der Waals surface area contributed by atoms with Crippen LogP contribution < -0.4 is 9.47 Å². The van der Waals surface area contributed by atoms with E-state index in [1.807, 2.05) is 30.3 Å². The Bertz CT molecular complexity index is 1120. The number of rotatable bonds is 6. The van der Waals surface area contributed by atoms with E-state index in [0.717, 1.165) is 26.4 Å². The van der Waals surface area contributed by atoms with Gasteiger partial charge in [-0.05, 0) is 29.8 Å². The lowest BCUT2D eigenvalue weighted by Crippen LogP contribution is -2.06. The van der Waals surface area contributed by atoms with E-state index in [-0.39, 0.29) is 12.2 Å². The Morgan fingerprint density at radius 1 is 1.07 bits per heavy atom. The third-order valence-electron chi connectivity index (χ3n) is 4.44. The second kappa shape index (κ2) is 7.78. The van der Waals surface area contributed by atoms with E-state index < -0.39 is 0 Å². The molecule has 0 fully saturated rings. The van der Waals surface area contributed by atoms with E-state index in [9.17, 15) is 4.79 Å². The van der Waals surface area contributed by atoms with Crippen LogP contribution in [0.3, 0.4) is 0 Å². The monoisotopic (exact) mass is 390 g/mol. The number of nitrogens with zero attached hydrogens (tertiary/aromatic N) is 2. The van der Waals surface area contributed by atoms with Crippen molar-refractivity contribution in [1.29, 1.82) is 0 Å². The molecular weight excluding hydrogens is 372 g/mol. The summed E-state index contributed by atoms with van der Waals surface area (Å²) in [5.41, 5.74) is 3.35. The third kappa shape index (κ3) is 3.59. The average Bonchev–Trinajstić information content (AvgIpc) is 3.17. The van der Waals surface area contributed by atoms with Gasteiger partial charge >= 0.3 is 0 Å². The molecule has 2 heterocycles. The van der Waals surface area contributed by atoms with Crippen LogP contribution in [0.1, 0.15) is 15.9 Å². The summed E-state index contributed by atoms with van der Waals surface area (Å²) < 4.78 is 11.6. The lowest BCUT2D eigenvalue weighted by Gasteiger charge is -2.10. The minimum Gasteiger partial charge on any atom is -0.497 e. The van der Waals surface area contributed by atoms with Crippen molar-refractivity contribution in [3.05, 3.63) is 72.1 Å². The van der Waals surface area contributed by atoms with Gasteiger partial charge in [0.1, 0.15) is 22.0 Å². The maximum atomic E-state index is 12.8. The summed E-state index contributed by atoms with van der Waals surface area (Å²) in [5, 5.41) is 0.916. The number of Topliss-reactive ketones (excluding diaryl/α,β-unsaturated/α-hetero) is 1. The van der Waals surface area contributed by atoms with E-state index >= 15 is 0 Å². The molecule has 28 heavy (non-hydrogen) atoms. The molecule has 0 N–H and O–H groups in total. The van der Waals surface area contributed by atoms with Gasteiger partial charge in [-0.15, -0.1) is 11.3 Å². The highest BCUT2D eigenvalue weighted by atomic mass is 32.1. The number of methoxy groups -OCH3 is 2. The maximum Gasteiger partial charge on any atom is 0.170 e. The molecule has 0 saturated heterocycles. The van der Waals surface area contributed by atoms with Crippen molar-refractivity contribution >= 4 is 27.3 Å². The molecule has 0 spiro atoms. The van der Waals surface area contributed by atoms with Crippen LogP contribution in [-0.2, 0) is 6.42 Å². The topological polar surface area (TPSA) is 61.3 Å². The molecule has 0 amide bonds. The number of hydrogen-bond donors (Lipinski definition) is 0. The second-order valence-electron chi connectivity index (χ2n) is 6.23. The molecule has 0 bridgehead atoms. The van der Waals surface area contributed by atoms with Crippen LogP contribution in [0.2, 0.25) is 0 Å². The molecule has 0 aliphatic heterocycles. The predicted molar refractivity (Wildman–Crippen MR) is 110 cm³/mol. The van der Waals surface area contributed by atoms with Gasteiger partial charge in [-0.25, -0.2) is 4.98 Å². The Kier molecular flexibility index (Phi) is 5.04. The molecule has 4 rings (SSSR count). The number of pyridine rings is 1. The quantitative estimate of drug-likeness (QED) is 0.443. The highest BCUT2D eigenvalue weighted by Gasteiger charge is 2.15. The highest BCUT2D eigenvalue weighted by Crippen LogP contribution is 2.31. The van der Waals surface area contributed by atoms with Crippen LogP contribution in [0.15, 0.2) is 60.9 Å². The van der Waals surface area contributed by atoms with E-state index in [1.54, 1.807) is 56.1 Å². The Morgan fingerprint density at radius 2 is 1.96 bits per heavy atom. The molecule has 0 aliphatic carbocycles. The van der Waals surface area contributed by atoms with Crippen molar-refractivity contribution < 1.29 is 14.3 Å². The van der Waals surface area contributed by atoms with E-state index in [0.29, 0.717) is 17.1 Å². The van der Waals surface area contributed by atoms with Gasteiger partial charge in [0, 0.05) is 24.2 Å². The van der Waals surface area contributed by atoms with Crippen molar-refractivity contribution in [1.82, 2.24) is 9.97 Å². The van der Waals surface area contributed by atoms with Gasteiger partial charge in [-0.3, -0.25) is 9.78 Å². The summed E-state index contributed by atoms with van der Waals surface area (Å²) >= 11 is 1.61. The van der Waals surface area contributed by atoms with Crippen LogP contribution in [0.25, 0.3) is 20.8 Å². The SMILES string of the molecule is COc1ccc(C(=O)Cc2cccc(-c3nc4cnccc4s3)c2)c(OC)c1. The number of hydrogen-bond acceptors (Lipinski definition) is 6. The fourth-order valence-corrected chi connectivity index (χ4v) is 3.96. The minimum absolute atomic E-state index is 0.00912. The molecule has 0 radical (unpaired) electrons. The van der Waals surface area contributed by atoms with E-state index in [4.69, 9.17) is 9.47 Å². The summed E-state index contributed by atoms with van der Waals surface area (Å²) in [6.07, 6.45) is 3.81. The molecule has 0 unspecified atom stereocenters. The first-order valence-corrected chi connectivity index (χ1v) is 9.54. The number of ketones is 1. The first kappa shape index (κ1) is 18.1. The maximum absolute atomic E-state index is 12.8. The summed E-state index contributed by atoms with van der Waals surface area (Å²) in [4.78, 5) is 21.6. The zero-order chi connectivity index (χ0) is 19.5. The number of ether oxygens (including phenoxy) is 2. The predicted octanol–water partition coefficient (Wildman–Crippen LogP) is 4.80. The average molecular weight is 390 g/mol. The summed E-state index contributed by atoms with van der Waals surface area (Å²) in [5.74, 6) is 1.16. The zero-order valence-corrected chi connectivity index (χ0v) is 16.3. The van der Waals surface area contributed by atoms with E-state index in [1.165, 1.54) is 0 Å². The van der Waals surface area contributed by atoms with Gasteiger partial charge in [0.2, 0.25) is 0 Å². The zero-order valence-electron chi connectivity index (χ0n) is 15.5. The third-order valence-corrected chi connectivity index (χ3v) is 5.52. The lowest BCUT2D eigenvalue weighted by molar-refractivity contribution is 0.0990. The van der Waals surface area contributed by atoms with Crippen LogP contribution in [0.4, 0.5) is 0 Å². The number of benzene rings is 2. The summed E-state index contributed by atoms with van der Waals surface area (Å²) in [6.45, 7) is 0. The molecule has 2 aromatic carbocycles. The molecule has 5 nitrogen and oxygen atoms in total. The Hall–Kier alpha value is -3.25. The van der Waals surface area contributed by atoms with Crippen LogP contribution in [0, 0.1) is 0 Å². The van der Waals surface area contributed by atoms with Gasteiger partial charge < -0.3 is 9.47 Å². The number of thiazole rings is 1. The number of carbonyl (C=O) groups excluding carboxylic acids is 1. The molecule has 140 valence electrons. The number of aromatic nitrogens is 2. The molecule has 4 aromatic rings. The molecule has 0 atom stereocenters. The van der Waals surface area contributed by atoms with E-state index in [2.05, 4.69) is 9.97 Å². The summed E-state index contributed by atoms with van der Waals surface area (Å²) in [7, 11) is 3.13. The number of fused-ring (bicyclic) bond motifs is 1. The highest BCUT2D eigenvalue weighted by molar-refractivity contribution is 7.21. The molecule has 2 aromatic heterocycles. The van der Waals surface area contributed by atoms with Crippen molar-refractivity contribution in [2.75, 3.05) is 14.2 Å². The minimum atomic E-state index is -0.00912. The molecule has 0 saturated carbocycles. The number of carbonyl (C=O) groups is 1. The van der Waals surface area contributed by atoms with Gasteiger partial charge in [-0.2, -0.15) is 0 Å². The Balaban J connectivity index is 1.61. The van der Waals surface area contributed by atoms with Crippen molar-refractivity contribution in [3.8, 4) is 22.1 Å². The van der Waals surface area contributed by atoms with Crippen LogP contribution in [-0.4, -0.2) is 30.0 Å². The van der Waals surface area contributed by atoms with Crippen LogP contribution >= 0.6 is 11.3 Å². The van der Waals surface area contributed by atoms with Crippen molar-refractivity contribution in [3.63, 3.8) is 0 Å². The first-order valence-electron chi connectivity index (χ1n) is 8.73. The van der Waals surface area contributed by atoms with Gasteiger partial charge in [0.05, 0.1) is 30.7 Å². The normalized spacial score (nSPS) is 10.8. The molecule has 0 aliphatic rings. The van der Waals surface area contributed by atoms with Gasteiger partial charge in [0.25, 0.3) is 0 Å².